The number of aromatic nitrogens is 4. The van der Waals surface area contributed by atoms with E-state index in [1.54, 1.807) is 6.20 Å². The molecule has 0 bridgehead atoms. The molecule has 8 nitrogen and oxygen atoms in total. The van der Waals surface area contributed by atoms with Crippen molar-refractivity contribution in [3.63, 3.8) is 0 Å². The van der Waals surface area contributed by atoms with Crippen molar-refractivity contribution in [1.29, 1.82) is 0 Å². The minimum absolute atomic E-state index is 0.0193. The molecule has 1 saturated heterocycles. The highest BCUT2D eigenvalue weighted by Crippen LogP contribution is 2.35. The highest BCUT2D eigenvalue weighted by Gasteiger charge is 2.38. The Morgan fingerprint density at radius 2 is 2.14 bits per heavy atom. The van der Waals surface area contributed by atoms with Gasteiger partial charge in [-0.15, -0.1) is 0 Å². The topological polar surface area (TPSA) is 105 Å². The minimum atomic E-state index is -0.188. The number of anilines is 1. The third-order valence-electron chi connectivity index (χ3n) is 5.66. The Morgan fingerprint density at radius 3 is 2.93 bits per heavy atom. The number of fused-ring (bicyclic) bond motifs is 3. The van der Waals surface area contributed by atoms with Gasteiger partial charge in [0.15, 0.2) is 18.0 Å². The van der Waals surface area contributed by atoms with Crippen molar-refractivity contribution in [3.05, 3.63) is 58.7 Å². The minimum Gasteiger partial charge on any atom is -0.451 e. The first-order valence-electron chi connectivity index (χ1n) is 9.44. The number of ketones is 1. The molecule has 1 fully saturated rings. The van der Waals surface area contributed by atoms with Crippen molar-refractivity contribution in [2.45, 2.75) is 31.7 Å². The Bertz CT molecular complexity index is 1060. The summed E-state index contributed by atoms with van der Waals surface area (Å²) in [4.78, 5) is 43.5. The highest BCUT2D eigenvalue weighted by atomic mass is 16.3. The number of H-pyrrole nitrogens is 1. The smallest absolute Gasteiger partial charge is 0.256 e. The van der Waals surface area contributed by atoms with Crippen LogP contribution in [0.5, 0.6) is 0 Å². The molecule has 2 unspecified atom stereocenters. The van der Waals surface area contributed by atoms with Gasteiger partial charge in [0.25, 0.3) is 5.56 Å². The summed E-state index contributed by atoms with van der Waals surface area (Å²) in [5.74, 6) is 0.925. The van der Waals surface area contributed by atoms with Crippen LogP contribution < -0.4 is 10.5 Å². The number of hydrogen-bond donors (Lipinski definition) is 1. The fourth-order valence-electron chi connectivity index (χ4n) is 4.23. The number of Topliss-reactive ketones (excluding diaryl/α,β-unsaturated/α-hetero) is 1. The van der Waals surface area contributed by atoms with E-state index in [2.05, 4.69) is 19.9 Å². The zero-order chi connectivity index (χ0) is 19.1. The Labute approximate surface area is 160 Å². The molecule has 142 valence electrons. The van der Waals surface area contributed by atoms with E-state index in [4.69, 9.17) is 9.40 Å². The lowest BCUT2D eigenvalue weighted by Gasteiger charge is -2.43. The summed E-state index contributed by atoms with van der Waals surface area (Å²) in [7, 11) is 0. The number of pyridine rings is 1. The van der Waals surface area contributed by atoms with Crippen molar-refractivity contribution < 1.29 is 9.21 Å². The quantitative estimate of drug-likeness (QED) is 0.698. The molecule has 0 spiro atoms. The maximum absolute atomic E-state index is 12.8. The number of oxazole rings is 1. The van der Waals surface area contributed by atoms with Crippen LogP contribution in [-0.2, 0) is 6.42 Å². The maximum atomic E-state index is 12.8. The van der Waals surface area contributed by atoms with Crippen LogP contribution in [0.25, 0.3) is 11.5 Å². The molecule has 1 N–H and O–H groups in total. The average molecular weight is 377 g/mol. The number of hydrogen-bond acceptors (Lipinski definition) is 7. The number of piperidine rings is 1. The van der Waals surface area contributed by atoms with Gasteiger partial charge in [-0.3, -0.25) is 14.6 Å². The predicted octanol–water partition coefficient (Wildman–Crippen LogP) is 2.23. The second-order valence-electron chi connectivity index (χ2n) is 7.29. The number of nitrogens with zero attached hydrogens (tertiary/aromatic N) is 4. The molecule has 5 rings (SSSR count). The summed E-state index contributed by atoms with van der Waals surface area (Å²) in [5, 5.41) is 0. The summed E-state index contributed by atoms with van der Waals surface area (Å²) >= 11 is 0. The van der Waals surface area contributed by atoms with Crippen molar-refractivity contribution in [2.75, 3.05) is 11.4 Å². The van der Waals surface area contributed by atoms with Crippen molar-refractivity contribution >= 4 is 11.6 Å². The third-order valence-corrected chi connectivity index (χ3v) is 5.66. The standard InChI is InChI=1S/C20H19N5O3/c26-17(16-10-28-11-22-16)12-4-5-13-6-7-14-19(25(13)9-12)23-18(24-20(14)27)15-3-1-2-8-21-15/h1-3,8,10-13H,4-7,9H2,(H,23,24,27). The fourth-order valence-corrected chi connectivity index (χ4v) is 4.23. The molecule has 0 saturated carbocycles. The van der Waals surface area contributed by atoms with E-state index < -0.39 is 0 Å². The fraction of sp³-hybridized carbons (Fsp3) is 0.350. The van der Waals surface area contributed by atoms with Gasteiger partial charge >= 0.3 is 0 Å². The molecule has 28 heavy (non-hydrogen) atoms. The number of nitrogens with one attached hydrogen (secondary N) is 1. The van der Waals surface area contributed by atoms with Crippen LogP contribution in [0.3, 0.4) is 0 Å². The zero-order valence-electron chi connectivity index (χ0n) is 15.2. The van der Waals surface area contributed by atoms with Gasteiger partial charge < -0.3 is 14.3 Å². The summed E-state index contributed by atoms with van der Waals surface area (Å²) < 4.78 is 4.96. The Kier molecular flexibility index (Phi) is 4.03. The SMILES string of the molecule is O=C(c1cocn1)C1CCC2CCc3c(nc(-c4ccccn4)[nH]c3=O)N2C1. The van der Waals surface area contributed by atoms with Crippen LogP contribution >= 0.6 is 0 Å². The van der Waals surface area contributed by atoms with Crippen molar-refractivity contribution in [3.8, 4) is 11.5 Å². The van der Waals surface area contributed by atoms with Crippen LogP contribution in [0.15, 0.2) is 46.3 Å². The Balaban J connectivity index is 1.51. The third kappa shape index (κ3) is 2.81. The normalized spacial score (nSPS) is 21.1. The van der Waals surface area contributed by atoms with Crippen LogP contribution in [-0.4, -0.2) is 38.3 Å². The second kappa shape index (κ2) is 6.70. The molecule has 0 aromatic carbocycles. The van der Waals surface area contributed by atoms with E-state index in [0.717, 1.165) is 19.3 Å². The first-order chi connectivity index (χ1) is 13.7. The molecule has 3 aromatic rings. The van der Waals surface area contributed by atoms with Gasteiger partial charge in [0.05, 0.1) is 5.56 Å². The number of carbonyl (C=O) groups excluding carboxylic acids is 1. The molecule has 0 radical (unpaired) electrons. The van der Waals surface area contributed by atoms with Gasteiger partial charge in [-0.25, -0.2) is 9.97 Å². The Hall–Kier alpha value is -3.29. The lowest BCUT2D eigenvalue weighted by molar-refractivity contribution is 0.0893. The largest absolute Gasteiger partial charge is 0.451 e. The average Bonchev–Trinajstić information content (AvgIpc) is 3.28. The molecule has 0 aliphatic carbocycles. The van der Waals surface area contributed by atoms with E-state index in [1.165, 1.54) is 12.7 Å². The van der Waals surface area contributed by atoms with E-state index in [-0.39, 0.29) is 17.3 Å². The monoisotopic (exact) mass is 377 g/mol. The highest BCUT2D eigenvalue weighted by molar-refractivity contribution is 5.96. The van der Waals surface area contributed by atoms with Gasteiger partial charge in [-0.05, 0) is 37.8 Å². The van der Waals surface area contributed by atoms with Crippen molar-refractivity contribution in [1.82, 2.24) is 19.9 Å². The number of aromatic amines is 1. The summed E-state index contributed by atoms with van der Waals surface area (Å²) in [6.45, 7) is 0.529. The molecule has 3 aromatic heterocycles. The molecule has 0 amide bonds. The van der Waals surface area contributed by atoms with Crippen LogP contribution in [0.1, 0.15) is 35.3 Å². The maximum Gasteiger partial charge on any atom is 0.256 e. The Morgan fingerprint density at radius 1 is 1.21 bits per heavy atom. The summed E-state index contributed by atoms with van der Waals surface area (Å²) in [5.41, 5.74) is 1.53. The predicted molar refractivity (Wildman–Crippen MR) is 101 cm³/mol. The summed E-state index contributed by atoms with van der Waals surface area (Å²) in [6.07, 6.45) is 7.62. The molecule has 2 aliphatic rings. The summed E-state index contributed by atoms with van der Waals surface area (Å²) in [6, 6.07) is 5.79. The van der Waals surface area contributed by atoms with Gasteiger partial charge in [0.2, 0.25) is 0 Å². The van der Waals surface area contributed by atoms with Crippen LogP contribution in [0, 0.1) is 5.92 Å². The first kappa shape index (κ1) is 16.9. The second-order valence-corrected chi connectivity index (χ2v) is 7.29. The van der Waals surface area contributed by atoms with Crippen molar-refractivity contribution in [2.24, 2.45) is 5.92 Å². The number of carbonyl (C=O) groups is 1. The van der Waals surface area contributed by atoms with Gasteiger partial charge in [0, 0.05) is 24.7 Å². The molecular formula is C20H19N5O3. The lowest BCUT2D eigenvalue weighted by atomic mass is 9.84. The molecule has 5 heterocycles. The van der Waals surface area contributed by atoms with Crippen LogP contribution in [0.2, 0.25) is 0 Å². The van der Waals surface area contributed by atoms with Gasteiger partial charge in [-0.2, -0.15) is 0 Å². The van der Waals surface area contributed by atoms with Crippen LogP contribution in [0.4, 0.5) is 5.82 Å². The molecular weight excluding hydrogens is 358 g/mol. The molecule has 2 atom stereocenters. The molecule has 8 heteroatoms. The lowest BCUT2D eigenvalue weighted by Crippen LogP contribution is -2.49. The molecule has 2 aliphatic heterocycles. The van der Waals surface area contributed by atoms with E-state index in [0.29, 0.717) is 47.6 Å². The zero-order valence-corrected chi connectivity index (χ0v) is 15.2. The van der Waals surface area contributed by atoms with Gasteiger partial charge in [-0.1, -0.05) is 6.07 Å². The van der Waals surface area contributed by atoms with E-state index in [9.17, 15) is 9.59 Å². The number of rotatable bonds is 3. The van der Waals surface area contributed by atoms with Gasteiger partial charge in [0.1, 0.15) is 23.5 Å². The van der Waals surface area contributed by atoms with E-state index >= 15 is 0 Å². The first-order valence-corrected chi connectivity index (χ1v) is 9.44. The van der Waals surface area contributed by atoms with E-state index in [1.807, 2.05) is 18.2 Å².